The minimum atomic E-state index is -0.237. The number of nitrogens with zero attached hydrogens (tertiary/aromatic N) is 2. The number of benzene rings is 1. The van der Waals surface area contributed by atoms with Crippen molar-refractivity contribution in [3.05, 3.63) is 60.6 Å². The lowest BCUT2D eigenvalue weighted by Gasteiger charge is -2.07. The fourth-order valence-electron chi connectivity index (χ4n) is 1.94. The highest BCUT2D eigenvalue weighted by molar-refractivity contribution is 5.99. The first kappa shape index (κ1) is 15.6. The minimum absolute atomic E-state index is 0.237. The second kappa shape index (κ2) is 7.31. The zero-order valence-corrected chi connectivity index (χ0v) is 12.8. The number of amides is 1. The third kappa shape index (κ3) is 3.88. The predicted molar refractivity (Wildman–Crippen MR) is 90.4 cm³/mol. The summed E-state index contributed by atoms with van der Waals surface area (Å²) < 4.78 is 0. The van der Waals surface area contributed by atoms with Gasteiger partial charge in [0.05, 0.1) is 23.3 Å². The van der Waals surface area contributed by atoms with Gasteiger partial charge in [-0.05, 0) is 37.6 Å². The summed E-state index contributed by atoms with van der Waals surface area (Å²) in [5.74, 6) is -0.237. The molecule has 112 valence electrons. The van der Waals surface area contributed by atoms with E-state index in [4.69, 9.17) is 0 Å². The third-order valence-electron chi connectivity index (χ3n) is 3.11. The summed E-state index contributed by atoms with van der Waals surface area (Å²) in [6.07, 6.45) is 7.98. The van der Waals surface area contributed by atoms with Gasteiger partial charge in [0.1, 0.15) is 0 Å². The second-order valence-corrected chi connectivity index (χ2v) is 4.81. The molecule has 0 spiro atoms. The quantitative estimate of drug-likeness (QED) is 0.848. The molecular weight excluding hydrogens is 274 g/mol. The van der Waals surface area contributed by atoms with E-state index in [1.165, 1.54) is 6.08 Å². The molecule has 4 heteroatoms. The largest absolute Gasteiger partial charge is 0.323 e. The molecule has 1 amide bonds. The average molecular weight is 293 g/mol. The van der Waals surface area contributed by atoms with Crippen molar-refractivity contribution in [2.24, 2.45) is 0 Å². The average Bonchev–Trinajstić information content (AvgIpc) is 2.54. The molecule has 2 aromatic rings. The summed E-state index contributed by atoms with van der Waals surface area (Å²) in [5.41, 5.74) is 4.14. The first-order chi connectivity index (χ1) is 10.6. The second-order valence-electron chi connectivity index (χ2n) is 4.81. The molecule has 0 aliphatic heterocycles. The lowest BCUT2D eigenvalue weighted by molar-refractivity contribution is -0.111. The van der Waals surface area contributed by atoms with E-state index >= 15 is 0 Å². The monoisotopic (exact) mass is 293 g/mol. The molecule has 22 heavy (non-hydrogen) atoms. The van der Waals surface area contributed by atoms with E-state index in [1.54, 1.807) is 6.20 Å². The van der Waals surface area contributed by atoms with Crippen LogP contribution in [0.25, 0.3) is 17.3 Å². The van der Waals surface area contributed by atoms with E-state index in [-0.39, 0.29) is 5.91 Å². The van der Waals surface area contributed by atoms with Crippen molar-refractivity contribution in [2.75, 3.05) is 5.32 Å². The fourth-order valence-corrected chi connectivity index (χ4v) is 1.94. The summed E-state index contributed by atoms with van der Waals surface area (Å²) in [7, 11) is 0. The molecule has 0 aliphatic carbocycles. The number of rotatable bonds is 5. The zero-order chi connectivity index (χ0) is 15.9. The Balaban J connectivity index is 2.35. The molecule has 0 aliphatic rings. The molecule has 0 saturated heterocycles. The van der Waals surface area contributed by atoms with Gasteiger partial charge in [0.2, 0.25) is 5.91 Å². The molecule has 1 N–H and O–H groups in total. The van der Waals surface area contributed by atoms with Crippen molar-refractivity contribution in [1.29, 1.82) is 0 Å². The van der Waals surface area contributed by atoms with Gasteiger partial charge in [0.25, 0.3) is 0 Å². The lowest BCUT2D eigenvalue weighted by atomic mass is 10.1. The van der Waals surface area contributed by atoms with E-state index < -0.39 is 0 Å². The van der Waals surface area contributed by atoms with Gasteiger partial charge in [-0.3, -0.25) is 9.78 Å². The standard InChI is InChI=1S/C18H19N3O/c1-4-6-10-16-13(3)19-12-17(21-16)14-8-7-9-15(11-14)20-18(22)5-2/h5-12H,2,4H2,1,3H3,(H,20,22)/b10-6-. The minimum Gasteiger partial charge on any atom is -0.323 e. The highest BCUT2D eigenvalue weighted by atomic mass is 16.1. The summed E-state index contributed by atoms with van der Waals surface area (Å²) in [5, 5.41) is 2.74. The van der Waals surface area contributed by atoms with Crippen LogP contribution < -0.4 is 5.32 Å². The van der Waals surface area contributed by atoms with Crippen LogP contribution in [0.5, 0.6) is 0 Å². The molecule has 0 unspecified atom stereocenters. The number of anilines is 1. The Morgan fingerprint density at radius 3 is 2.95 bits per heavy atom. The molecular formula is C18H19N3O. The molecule has 0 atom stereocenters. The molecule has 4 nitrogen and oxygen atoms in total. The van der Waals surface area contributed by atoms with Gasteiger partial charge in [0.15, 0.2) is 0 Å². The first-order valence-electron chi connectivity index (χ1n) is 7.18. The Labute approximate surface area is 130 Å². The smallest absolute Gasteiger partial charge is 0.247 e. The van der Waals surface area contributed by atoms with Crippen molar-refractivity contribution in [3.8, 4) is 11.3 Å². The maximum atomic E-state index is 11.4. The lowest BCUT2D eigenvalue weighted by Crippen LogP contribution is -2.07. The van der Waals surface area contributed by atoms with Crippen LogP contribution in [0.2, 0.25) is 0 Å². The van der Waals surface area contributed by atoms with E-state index in [0.717, 1.165) is 29.1 Å². The number of carbonyl (C=O) groups excluding carboxylic acids is 1. The number of aromatic nitrogens is 2. The van der Waals surface area contributed by atoms with E-state index in [9.17, 15) is 4.79 Å². The molecule has 1 heterocycles. The van der Waals surface area contributed by atoms with Gasteiger partial charge in [-0.25, -0.2) is 4.98 Å². The van der Waals surface area contributed by atoms with Crippen LogP contribution in [0.15, 0.2) is 49.2 Å². The zero-order valence-electron chi connectivity index (χ0n) is 12.8. The summed E-state index contributed by atoms with van der Waals surface area (Å²) in [4.78, 5) is 20.4. The van der Waals surface area contributed by atoms with Crippen molar-refractivity contribution in [3.63, 3.8) is 0 Å². The number of hydrogen-bond donors (Lipinski definition) is 1. The topological polar surface area (TPSA) is 54.9 Å². The molecule has 1 aromatic heterocycles. The van der Waals surface area contributed by atoms with Gasteiger partial charge in [-0.2, -0.15) is 0 Å². The SMILES string of the molecule is C=CC(=O)Nc1cccc(-c2cnc(C)c(/C=C\CC)n2)c1. The molecule has 2 rings (SSSR count). The van der Waals surface area contributed by atoms with E-state index in [2.05, 4.69) is 34.9 Å². The molecule has 1 aromatic carbocycles. The Morgan fingerprint density at radius 1 is 1.41 bits per heavy atom. The molecule has 0 radical (unpaired) electrons. The number of carbonyl (C=O) groups is 1. The summed E-state index contributed by atoms with van der Waals surface area (Å²) in [6.45, 7) is 7.46. The van der Waals surface area contributed by atoms with Gasteiger partial charge in [0, 0.05) is 11.3 Å². The number of nitrogens with one attached hydrogen (secondary N) is 1. The van der Waals surface area contributed by atoms with Gasteiger partial charge >= 0.3 is 0 Å². The van der Waals surface area contributed by atoms with Crippen molar-refractivity contribution >= 4 is 17.7 Å². The molecule has 0 fully saturated rings. The Hall–Kier alpha value is -2.75. The van der Waals surface area contributed by atoms with Crippen LogP contribution in [0.4, 0.5) is 5.69 Å². The predicted octanol–water partition coefficient (Wildman–Crippen LogP) is 4.00. The number of hydrogen-bond acceptors (Lipinski definition) is 3. The summed E-state index contributed by atoms with van der Waals surface area (Å²) in [6, 6.07) is 7.51. The first-order valence-corrected chi connectivity index (χ1v) is 7.18. The van der Waals surface area contributed by atoms with Gasteiger partial charge < -0.3 is 5.32 Å². The maximum absolute atomic E-state index is 11.4. The highest BCUT2D eigenvalue weighted by Crippen LogP contribution is 2.21. The third-order valence-corrected chi connectivity index (χ3v) is 3.11. The van der Waals surface area contributed by atoms with Crippen LogP contribution in [-0.4, -0.2) is 15.9 Å². The Bertz CT molecular complexity index is 720. The van der Waals surface area contributed by atoms with Crippen LogP contribution >= 0.6 is 0 Å². The number of allylic oxidation sites excluding steroid dienone is 1. The van der Waals surface area contributed by atoms with Crippen molar-refractivity contribution in [2.45, 2.75) is 20.3 Å². The van der Waals surface area contributed by atoms with Gasteiger partial charge in [-0.15, -0.1) is 0 Å². The van der Waals surface area contributed by atoms with Crippen molar-refractivity contribution in [1.82, 2.24) is 9.97 Å². The van der Waals surface area contributed by atoms with E-state index in [0.29, 0.717) is 5.69 Å². The Kier molecular flexibility index (Phi) is 5.20. The fraction of sp³-hybridized carbons (Fsp3) is 0.167. The van der Waals surface area contributed by atoms with E-state index in [1.807, 2.05) is 37.3 Å². The summed E-state index contributed by atoms with van der Waals surface area (Å²) >= 11 is 0. The highest BCUT2D eigenvalue weighted by Gasteiger charge is 2.05. The van der Waals surface area contributed by atoms with Crippen LogP contribution in [0.3, 0.4) is 0 Å². The molecule has 0 bridgehead atoms. The number of aryl methyl sites for hydroxylation is 1. The van der Waals surface area contributed by atoms with Gasteiger partial charge in [-0.1, -0.05) is 31.7 Å². The van der Waals surface area contributed by atoms with Crippen LogP contribution in [-0.2, 0) is 4.79 Å². The molecule has 0 saturated carbocycles. The van der Waals surface area contributed by atoms with Crippen molar-refractivity contribution < 1.29 is 4.79 Å². The van der Waals surface area contributed by atoms with Crippen LogP contribution in [0.1, 0.15) is 24.7 Å². The maximum Gasteiger partial charge on any atom is 0.247 e. The van der Waals surface area contributed by atoms with Crippen LogP contribution in [0, 0.1) is 6.92 Å². The Morgan fingerprint density at radius 2 is 2.23 bits per heavy atom. The normalized spacial score (nSPS) is 10.6.